The SMILES string of the molecule is O=C(CSc1ccc(Cl)cc1)N(CCO)C1CCCC1. The van der Waals surface area contributed by atoms with Crippen LogP contribution in [0.3, 0.4) is 0 Å². The zero-order valence-corrected chi connectivity index (χ0v) is 13.0. The monoisotopic (exact) mass is 313 g/mol. The van der Waals surface area contributed by atoms with E-state index in [2.05, 4.69) is 0 Å². The standard InChI is InChI=1S/C15H20ClNO2S/c16-12-5-7-14(8-6-12)20-11-15(19)17(9-10-18)13-3-1-2-4-13/h5-8,13,18H,1-4,9-11H2. The molecule has 0 bridgehead atoms. The second-order valence-corrected chi connectivity index (χ2v) is 6.48. The number of carbonyl (C=O) groups excluding carboxylic acids is 1. The summed E-state index contributed by atoms with van der Waals surface area (Å²) < 4.78 is 0. The number of carbonyl (C=O) groups is 1. The summed E-state index contributed by atoms with van der Waals surface area (Å²) in [6.45, 7) is 0.485. The fourth-order valence-corrected chi connectivity index (χ4v) is 3.50. The number of halogens is 1. The molecule has 1 amide bonds. The number of rotatable bonds is 6. The molecule has 0 heterocycles. The Labute approximate surface area is 129 Å². The molecular formula is C15H20ClNO2S. The minimum absolute atomic E-state index is 0.0356. The van der Waals surface area contributed by atoms with Gasteiger partial charge in [-0.15, -0.1) is 11.8 Å². The van der Waals surface area contributed by atoms with E-state index in [1.807, 2.05) is 29.2 Å². The van der Waals surface area contributed by atoms with Crippen molar-refractivity contribution in [1.82, 2.24) is 4.90 Å². The maximum atomic E-state index is 12.3. The van der Waals surface area contributed by atoms with Gasteiger partial charge in [0.05, 0.1) is 12.4 Å². The van der Waals surface area contributed by atoms with Crippen LogP contribution < -0.4 is 0 Å². The molecular weight excluding hydrogens is 294 g/mol. The third-order valence-corrected chi connectivity index (χ3v) is 4.85. The van der Waals surface area contributed by atoms with Crippen LogP contribution in [0.1, 0.15) is 25.7 Å². The van der Waals surface area contributed by atoms with E-state index in [9.17, 15) is 4.79 Å². The van der Waals surface area contributed by atoms with Crippen LogP contribution in [0.25, 0.3) is 0 Å². The van der Waals surface area contributed by atoms with Crippen LogP contribution >= 0.6 is 23.4 Å². The molecule has 1 fully saturated rings. The molecule has 1 saturated carbocycles. The summed E-state index contributed by atoms with van der Waals surface area (Å²) in [5.74, 6) is 0.531. The Bertz CT molecular complexity index is 432. The number of hydrogen-bond acceptors (Lipinski definition) is 3. The first-order chi connectivity index (χ1) is 9.70. The Morgan fingerprint density at radius 1 is 1.30 bits per heavy atom. The van der Waals surface area contributed by atoms with Gasteiger partial charge < -0.3 is 10.0 Å². The van der Waals surface area contributed by atoms with Gasteiger partial charge in [-0.2, -0.15) is 0 Å². The van der Waals surface area contributed by atoms with Gasteiger partial charge in [0, 0.05) is 22.5 Å². The molecule has 1 aromatic rings. The molecule has 0 aromatic heterocycles. The van der Waals surface area contributed by atoms with Crippen LogP contribution in [0.2, 0.25) is 5.02 Å². The van der Waals surface area contributed by atoms with Gasteiger partial charge in [0.15, 0.2) is 0 Å². The van der Waals surface area contributed by atoms with Crippen molar-refractivity contribution in [2.24, 2.45) is 0 Å². The first-order valence-corrected chi connectivity index (χ1v) is 8.36. The van der Waals surface area contributed by atoms with E-state index < -0.39 is 0 Å². The molecule has 0 saturated heterocycles. The van der Waals surface area contributed by atoms with Crippen LogP contribution in [0.5, 0.6) is 0 Å². The Morgan fingerprint density at radius 3 is 2.55 bits per heavy atom. The normalized spacial score (nSPS) is 15.5. The van der Waals surface area contributed by atoms with Gasteiger partial charge in [-0.3, -0.25) is 4.79 Å². The van der Waals surface area contributed by atoms with E-state index in [0.717, 1.165) is 17.7 Å². The molecule has 0 atom stereocenters. The Kier molecular flexibility index (Phi) is 6.20. The highest BCUT2D eigenvalue weighted by Crippen LogP contribution is 2.25. The van der Waals surface area contributed by atoms with Gasteiger partial charge in [-0.25, -0.2) is 0 Å². The number of hydrogen-bond donors (Lipinski definition) is 1. The van der Waals surface area contributed by atoms with Crippen molar-refractivity contribution in [3.05, 3.63) is 29.3 Å². The largest absolute Gasteiger partial charge is 0.395 e. The van der Waals surface area contributed by atoms with Gasteiger partial charge in [-0.05, 0) is 37.1 Å². The predicted octanol–water partition coefficient (Wildman–Crippen LogP) is 3.20. The number of nitrogens with zero attached hydrogens (tertiary/aromatic N) is 1. The molecule has 0 aliphatic heterocycles. The summed E-state index contributed by atoms with van der Waals surface area (Å²) in [7, 11) is 0. The third kappa shape index (κ3) is 4.40. The maximum Gasteiger partial charge on any atom is 0.233 e. The van der Waals surface area contributed by atoms with Gasteiger partial charge >= 0.3 is 0 Å². The lowest BCUT2D eigenvalue weighted by Crippen LogP contribution is -2.41. The van der Waals surface area contributed by atoms with Gasteiger partial charge in [0.1, 0.15) is 0 Å². The molecule has 20 heavy (non-hydrogen) atoms. The van der Waals surface area contributed by atoms with E-state index in [-0.39, 0.29) is 12.5 Å². The summed E-state index contributed by atoms with van der Waals surface area (Å²) in [6, 6.07) is 7.83. The number of thioether (sulfide) groups is 1. The van der Waals surface area contributed by atoms with Crippen molar-refractivity contribution in [2.75, 3.05) is 18.9 Å². The fourth-order valence-electron chi connectivity index (χ4n) is 2.59. The second-order valence-electron chi connectivity index (χ2n) is 4.99. The summed E-state index contributed by atoms with van der Waals surface area (Å²) >= 11 is 7.36. The number of aliphatic hydroxyl groups excluding tert-OH is 1. The van der Waals surface area contributed by atoms with Crippen molar-refractivity contribution >= 4 is 29.3 Å². The summed E-state index contributed by atoms with van der Waals surface area (Å²) in [5.41, 5.74) is 0. The lowest BCUT2D eigenvalue weighted by atomic mass is 10.2. The van der Waals surface area contributed by atoms with Crippen LogP contribution in [0, 0.1) is 0 Å². The summed E-state index contributed by atoms with van der Waals surface area (Å²) in [6.07, 6.45) is 4.50. The lowest BCUT2D eigenvalue weighted by Gasteiger charge is -2.28. The minimum atomic E-state index is 0.0356. The van der Waals surface area contributed by atoms with Gasteiger partial charge in [0.25, 0.3) is 0 Å². The van der Waals surface area contributed by atoms with E-state index in [4.69, 9.17) is 16.7 Å². The van der Waals surface area contributed by atoms with Gasteiger partial charge in [0.2, 0.25) is 5.91 Å². The van der Waals surface area contributed by atoms with Crippen LogP contribution in [0.15, 0.2) is 29.2 Å². The molecule has 1 aliphatic carbocycles. The minimum Gasteiger partial charge on any atom is -0.395 e. The molecule has 2 rings (SSSR count). The topological polar surface area (TPSA) is 40.5 Å². The molecule has 5 heteroatoms. The summed E-state index contributed by atoms with van der Waals surface area (Å²) in [4.78, 5) is 15.2. The summed E-state index contributed by atoms with van der Waals surface area (Å²) in [5, 5.41) is 9.85. The first kappa shape index (κ1) is 15.7. The highest BCUT2D eigenvalue weighted by Gasteiger charge is 2.25. The quantitative estimate of drug-likeness (QED) is 0.820. The van der Waals surface area contributed by atoms with Crippen molar-refractivity contribution in [3.63, 3.8) is 0 Å². The van der Waals surface area contributed by atoms with Crippen LogP contribution in [-0.4, -0.2) is 40.9 Å². The highest BCUT2D eigenvalue weighted by molar-refractivity contribution is 8.00. The molecule has 0 spiro atoms. The predicted molar refractivity (Wildman–Crippen MR) is 83.2 cm³/mol. The first-order valence-electron chi connectivity index (χ1n) is 6.99. The van der Waals surface area contributed by atoms with E-state index in [0.29, 0.717) is 23.4 Å². The fraction of sp³-hybridized carbons (Fsp3) is 0.533. The van der Waals surface area contributed by atoms with Crippen molar-refractivity contribution in [1.29, 1.82) is 0 Å². The lowest BCUT2D eigenvalue weighted by molar-refractivity contribution is -0.131. The van der Waals surface area contributed by atoms with E-state index in [1.165, 1.54) is 24.6 Å². The zero-order valence-electron chi connectivity index (χ0n) is 11.4. The van der Waals surface area contributed by atoms with Crippen molar-refractivity contribution < 1.29 is 9.90 Å². The zero-order chi connectivity index (χ0) is 14.4. The number of aliphatic hydroxyl groups is 1. The van der Waals surface area contributed by atoms with Crippen molar-refractivity contribution in [2.45, 2.75) is 36.6 Å². The molecule has 3 nitrogen and oxygen atoms in total. The van der Waals surface area contributed by atoms with Crippen molar-refractivity contribution in [3.8, 4) is 0 Å². The molecule has 1 N–H and O–H groups in total. The van der Waals surface area contributed by atoms with E-state index in [1.54, 1.807) is 0 Å². The highest BCUT2D eigenvalue weighted by atomic mass is 35.5. The Balaban J connectivity index is 1.89. The van der Waals surface area contributed by atoms with E-state index >= 15 is 0 Å². The van der Waals surface area contributed by atoms with Crippen LogP contribution in [0.4, 0.5) is 0 Å². The molecule has 1 aromatic carbocycles. The molecule has 0 unspecified atom stereocenters. The smallest absolute Gasteiger partial charge is 0.233 e. The maximum absolute atomic E-state index is 12.3. The molecule has 110 valence electrons. The van der Waals surface area contributed by atoms with Crippen LogP contribution in [-0.2, 0) is 4.79 Å². The molecule has 0 radical (unpaired) electrons. The second kappa shape index (κ2) is 7.91. The molecule has 1 aliphatic rings. The average Bonchev–Trinajstić information content (AvgIpc) is 2.97. The Hall–Kier alpha value is -0.710. The number of amides is 1. The van der Waals surface area contributed by atoms with Gasteiger partial charge in [-0.1, -0.05) is 24.4 Å². The average molecular weight is 314 g/mol. The Morgan fingerprint density at radius 2 is 1.95 bits per heavy atom. The number of benzene rings is 1. The third-order valence-electron chi connectivity index (χ3n) is 3.60.